The lowest BCUT2D eigenvalue weighted by atomic mass is 10.1. The molecule has 0 saturated carbocycles. The maximum atomic E-state index is 13.5. The molecule has 0 fully saturated rings. The first-order valence-electron chi connectivity index (χ1n) is 6.13. The zero-order valence-corrected chi connectivity index (χ0v) is 12.1. The molecule has 0 aliphatic heterocycles. The molecule has 0 aliphatic carbocycles. The fourth-order valence-electron chi connectivity index (χ4n) is 1.83. The molecule has 2 aromatic rings. The van der Waals surface area contributed by atoms with Gasteiger partial charge in [0.1, 0.15) is 16.5 Å². The Hall–Kier alpha value is -1.93. The quantitative estimate of drug-likeness (QED) is 0.873. The molecule has 8 heteroatoms. The second kappa shape index (κ2) is 6.05. The van der Waals surface area contributed by atoms with Gasteiger partial charge in [-0.2, -0.15) is 0 Å². The lowest BCUT2D eigenvalue weighted by molar-refractivity contribution is 0.504. The molecule has 1 N–H and O–H groups in total. The van der Waals surface area contributed by atoms with E-state index in [0.717, 1.165) is 18.2 Å². The third-order valence-electron chi connectivity index (χ3n) is 2.96. The highest BCUT2D eigenvalue weighted by atomic mass is 32.2. The Morgan fingerprint density at radius 3 is 2.18 bits per heavy atom. The molecule has 0 aromatic heterocycles. The van der Waals surface area contributed by atoms with Crippen molar-refractivity contribution in [2.75, 3.05) is 0 Å². The highest BCUT2D eigenvalue weighted by molar-refractivity contribution is 7.89. The van der Waals surface area contributed by atoms with Gasteiger partial charge < -0.3 is 0 Å². The van der Waals surface area contributed by atoms with Crippen LogP contribution in [0.25, 0.3) is 0 Å². The Kier molecular flexibility index (Phi) is 4.52. The van der Waals surface area contributed by atoms with Crippen LogP contribution in [0.5, 0.6) is 0 Å². The van der Waals surface area contributed by atoms with Crippen LogP contribution in [0.2, 0.25) is 0 Å². The van der Waals surface area contributed by atoms with Crippen LogP contribution in [0.4, 0.5) is 17.6 Å². The number of halogens is 4. The second-order valence-electron chi connectivity index (χ2n) is 4.59. The van der Waals surface area contributed by atoms with Crippen molar-refractivity contribution in [3.05, 3.63) is 65.2 Å². The Balaban J connectivity index is 2.31. The summed E-state index contributed by atoms with van der Waals surface area (Å²) in [7, 11) is -4.37. The smallest absolute Gasteiger partial charge is 0.207 e. The van der Waals surface area contributed by atoms with E-state index in [-0.39, 0.29) is 5.56 Å². The van der Waals surface area contributed by atoms with Gasteiger partial charge in [0.05, 0.1) is 0 Å². The maximum absolute atomic E-state index is 13.5. The molecular formula is C14H11F4NO2S. The number of hydrogen-bond donors (Lipinski definition) is 1. The topological polar surface area (TPSA) is 46.2 Å². The largest absolute Gasteiger partial charge is 0.244 e. The van der Waals surface area contributed by atoms with E-state index in [0.29, 0.717) is 12.1 Å². The first-order valence-corrected chi connectivity index (χ1v) is 7.61. The lowest BCUT2D eigenvalue weighted by Gasteiger charge is -2.15. The third-order valence-corrected chi connectivity index (χ3v) is 4.51. The Morgan fingerprint density at radius 1 is 0.909 bits per heavy atom. The number of benzene rings is 2. The van der Waals surface area contributed by atoms with Crippen molar-refractivity contribution in [3.8, 4) is 0 Å². The fraction of sp³-hybridized carbons (Fsp3) is 0.143. The zero-order chi connectivity index (χ0) is 16.5. The lowest BCUT2D eigenvalue weighted by Crippen LogP contribution is -2.27. The average molecular weight is 333 g/mol. The van der Waals surface area contributed by atoms with Gasteiger partial charge >= 0.3 is 0 Å². The van der Waals surface area contributed by atoms with Crippen LogP contribution in [-0.4, -0.2) is 8.42 Å². The molecule has 2 aromatic carbocycles. The van der Waals surface area contributed by atoms with E-state index in [1.165, 1.54) is 13.0 Å². The summed E-state index contributed by atoms with van der Waals surface area (Å²) in [5.74, 6) is -4.25. The first-order chi connectivity index (χ1) is 10.2. The highest BCUT2D eigenvalue weighted by Gasteiger charge is 2.23. The monoisotopic (exact) mass is 333 g/mol. The number of sulfonamides is 1. The van der Waals surface area contributed by atoms with E-state index in [1.54, 1.807) is 0 Å². The predicted molar refractivity (Wildman–Crippen MR) is 71.5 cm³/mol. The Labute approximate surface area is 124 Å². The standard InChI is InChI=1S/C14H11F4NO2S/c1-8(9-2-4-11(16)13(18)6-9)19-22(20,21)14-7-10(15)3-5-12(14)17/h2-8,19H,1H3. The SMILES string of the molecule is CC(NS(=O)(=O)c1cc(F)ccc1F)c1ccc(F)c(F)c1. The molecule has 0 aliphatic rings. The number of rotatable bonds is 4. The molecule has 1 unspecified atom stereocenters. The van der Waals surface area contributed by atoms with E-state index in [1.807, 2.05) is 0 Å². The molecule has 118 valence electrons. The molecule has 0 amide bonds. The van der Waals surface area contributed by atoms with Gasteiger partial charge in [-0.15, -0.1) is 0 Å². The van der Waals surface area contributed by atoms with Crippen LogP contribution < -0.4 is 4.72 Å². The molecule has 0 spiro atoms. The van der Waals surface area contributed by atoms with E-state index in [9.17, 15) is 26.0 Å². The second-order valence-corrected chi connectivity index (χ2v) is 6.27. The summed E-state index contributed by atoms with van der Waals surface area (Å²) >= 11 is 0. The van der Waals surface area contributed by atoms with Crippen LogP contribution in [0, 0.1) is 23.3 Å². The average Bonchev–Trinajstić information content (AvgIpc) is 2.43. The van der Waals surface area contributed by atoms with E-state index in [2.05, 4.69) is 4.72 Å². The summed E-state index contributed by atoms with van der Waals surface area (Å²) in [6.07, 6.45) is 0. The van der Waals surface area contributed by atoms with Gasteiger partial charge in [0, 0.05) is 6.04 Å². The van der Waals surface area contributed by atoms with E-state index in [4.69, 9.17) is 0 Å². The highest BCUT2D eigenvalue weighted by Crippen LogP contribution is 2.21. The molecule has 1 atom stereocenters. The van der Waals surface area contributed by atoms with Crippen molar-refractivity contribution < 1.29 is 26.0 Å². The van der Waals surface area contributed by atoms with Crippen LogP contribution in [0.3, 0.4) is 0 Å². The van der Waals surface area contributed by atoms with Gasteiger partial charge in [0.2, 0.25) is 10.0 Å². The third kappa shape index (κ3) is 3.45. The molecule has 0 saturated heterocycles. The van der Waals surface area contributed by atoms with Gasteiger partial charge in [-0.1, -0.05) is 6.07 Å². The predicted octanol–water partition coefficient (Wildman–Crippen LogP) is 3.28. The van der Waals surface area contributed by atoms with Crippen molar-refractivity contribution in [1.29, 1.82) is 0 Å². The zero-order valence-electron chi connectivity index (χ0n) is 11.3. The summed E-state index contributed by atoms with van der Waals surface area (Å²) in [5, 5.41) is 0. The van der Waals surface area contributed by atoms with Gasteiger partial charge in [0.25, 0.3) is 0 Å². The Bertz CT molecular complexity index is 808. The van der Waals surface area contributed by atoms with Crippen molar-refractivity contribution >= 4 is 10.0 Å². The summed E-state index contributed by atoms with van der Waals surface area (Å²) in [6.45, 7) is 1.36. The minimum atomic E-state index is -4.37. The van der Waals surface area contributed by atoms with Crippen molar-refractivity contribution in [1.82, 2.24) is 4.72 Å². The van der Waals surface area contributed by atoms with Gasteiger partial charge in [-0.05, 0) is 42.8 Å². The first kappa shape index (κ1) is 16.4. The number of nitrogens with one attached hydrogen (secondary N) is 1. The Morgan fingerprint density at radius 2 is 1.55 bits per heavy atom. The number of hydrogen-bond acceptors (Lipinski definition) is 2. The van der Waals surface area contributed by atoms with Crippen molar-refractivity contribution in [2.45, 2.75) is 17.9 Å². The fourth-order valence-corrected chi connectivity index (χ4v) is 3.15. The minimum Gasteiger partial charge on any atom is -0.207 e. The summed E-state index contributed by atoms with van der Waals surface area (Å²) < 4.78 is 78.8. The minimum absolute atomic E-state index is 0.138. The normalized spacial score (nSPS) is 13.1. The van der Waals surface area contributed by atoms with Crippen LogP contribution >= 0.6 is 0 Å². The van der Waals surface area contributed by atoms with Crippen molar-refractivity contribution in [3.63, 3.8) is 0 Å². The maximum Gasteiger partial charge on any atom is 0.244 e. The van der Waals surface area contributed by atoms with Crippen molar-refractivity contribution in [2.24, 2.45) is 0 Å². The summed E-state index contributed by atoms with van der Waals surface area (Å²) in [5.41, 5.74) is 0.138. The molecule has 0 heterocycles. The molecule has 0 bridgehead atoms. The molecular weight excluding hydrogens is 322 g/mol. The molecule has 22 heavy (non-hydrogen) atoms. The van der Waals surface area contributed by atoms with E-state index < -0.39 is 44.2 Å². The van der Waals surface area contributed by atoms with Gasteiger partial charge in [0.15, 0.2) is 11.6 Å². The molecule has 3 nitrogen and oxygen atoms in total. The summed E-state index contributed by atoms with van der Waals surface area (Å²) in [4.78, 5) is -0.859. The van der Waals surface area contributed by atoms with Crippen LogP contribution in [0.15, 0.2) is 41.3 Å². The van der Waals surface area contributed by atoms with Gasteiger partial charge in [-0.3, -0.25) is 0 Å². The van der Waals surface area contributed by atoms with E-state index >= 15 is 0 Å². The molecule has 0 radical (unpaired) electrons. The van der Waals surface area contributed by atoms with Crippen LogP contribution in [-0.2, 0) is 10.0 Å². The summed E-state index contributed by atoms with van der Waals surface area (Å²) in [6, 6.07) is 3.90. The molecule has 2 rings (SSSR count). The van der Waals surface area contributed by atoms with Crippen LogP contribution in [0.1, 0.15) is 18.5 Å². The van der Waals surface area contributed by atoms with Gasteiger partial charge in [-0.25, -0.2) is 30.7 Å².